The van der Waals surface area contributed by atoms with Crippen LogP contribution in [0.1, 0.15) is 6.23 Å². The third-order valence-electron chi connectivity index (χ3n) is 3.78. The summed E-state index contributed by atoms with van der Waals surface area (Å²) in [6.07, 6.45) is -5.52. The van der Waals surface area contributed by atoms with Gasteiger partial charge in [-0.2, -0.15) is 9.29 Å². The van der Waals surface area contributed by atoms with Crippen LogP contribution in [0.5, 0.6) is 0 Å². The third kappa shape index (κ3) is 5.82. The van der Waals surface area contributed by atoms with Gasteiger partial charge in [-0.25, -0.2) is 22.8 Å². The highest BCUT2D eigenvalue weighted by Gasteiger charge is 2.46. The van der Waals surface area contributed by atoms with Gasteiger partial charge in [0.25, 0.3) is 5.56 Å². The molecule has 0 saturated carbocycles. The van der Waals surface area contributed by atoms with Crippen molar-refractivity contribution in [3.05, 3.63) is 16.7 Å². The molecular weight excluding hydrogens is 510 g/mol. The number of hydrogen-bond acceptors (Lipinski definition) is 12. The maximum absolute atomic E-state index is 14.5. The van der Waals surface area contributed by atoms with E-state index >= 15 is 0 Å². The van der Waals surface area contributed by atoms with Gasteiger partial charge in [0.05, 0.1) is 12.9 Å². The van der Waals surface area contributed by atoms with E-state index in [1.165, 1.54) is 0 Å². The molecule has 0 bridgehead atoms. The van der Waals surface area contributed by atoms with Crippen LogP contribution in [0.25, 0.3) is 11.2 Å². The Labute approximate surface area is 176 Å². The molecule has 1 saturated heterocycles. The Hall–Kier alpha value is -1.13. The van der Waals surface area contributed by atoms with E-state index in [1.54, 1.807) is 0 Å². The van der Waals surface area contributed by atoms with Crippen molar-refractivity contribution in [2.24, 2.45) is 0 Å². The second-order valence-electron chi connectivity index (χ2n) is 5.97. The van der Waals surface area contributed by atoms with Gasteiger partial charge in [-0.15, -0.1) is 0 Å². The van der Waals surface area contributed by atoms with Crippen molar-refractivity contribution in [3.63, 3.8) is 0 Å². The lowest BCUT2D eigenvalue weighted by molar-refractivity contribution is -0.0457. The van der Waals surface area contributed by atoms with Crippen LogP contribution < -0.4 is 11.3 Å². The molecule has 2 aromatic heterocycles. The lowest BCUT2D eigenvalue weighted by atomic mass is 10.1. The molecule has 0 amide bonds. The standard InChI is InChI=1S/C10H15FN5O11P3S/c11-4-3(1-24-28(31)26-30(22,23)27-29(19,20)21)25-9(6(4)17)16-2-13-5-7(16)14-10(12)15-8(5)18/h2-4,6,9,17,28H,1H2,(H,22,23)(H2,19,20,21)(H3,12,14,15,18)/t3-,4?,6+,9-/m1/s1. The number of hydrogen-bond donors (Lipinski definition) is 6. The summed E-state index contributed by atoms with van der Waals surface area (Å²) in [6, 6.07) is 0. The molecule has 174 valence electrons. The second kappa shape index (κ2) is 9.02. The summed E-state index contributed by atoms with van der Waals surface area (Å²) < 4.78 is 55.8. The molecule has 0 aromatic carbocycles. The Bertz CT molecular complexity index is 1150. The Balaban J connectivity index is 1.68. The van der Waals surface area contributed by atoms with Crippen LogP contribution >= 0.6 is 22.8 Å². The SMILES string of the molecule is Nc1nc2c(ncn2[C@@H]2O[C@H](CO[PH](=S)OP(=O)(O)OP(=O)(O)O)C(F)[C@@H]2O)c(=O)[nH]1. The van der Waals surface area contributed by atoms with Gasteiger partial charge < -0.3 is 34.8 Å². The molecule has 31 heavy (non-hydrogen) atoms. The number of nitrogens with zero attached hydrogens (tertiary/aromatic N) is 3. The number of aliphatic hydroxyl groups excluding tert-OH is 1. The maximum atomic E-state index is 14.5. The predicted molar refractivity (Wildman–Crippen MR) is 103 cm³/mol. The summed E-state index contributed by atoms with van der Waals surface area (Å²) in [4.78, 5) is 48.1. The first kappa shape index (κ1) is 24.5. The highest BCUT2D eigenvalue weighted by molar-refractivity contribution is 8.02. The zero-order valence-corrected chi connectivity index (χ0v) is 18.4. The van der Waals surface area contributed by atoms with E-state index in [9.17, 15) is 28.3 Å². The Morgan fingerprint density at radius 3 is 2.74 bits per heavy atom. The van der Waals surface area contributed by atoms with Crippen molar-refractivity contribution < 1.29 is 51.2 Å². The zero-order chi connectivity index (χ0) is 23.1. The topological polar surface area (TPSA) is 242 Å². The fourth-order valence-electron chi connectivity index (χ4n) is 2.62. The predicted octanol–water partition coefficient (Wildman–Crippen LogP) is -0.953. The summed E-state index contributed by atoms with van der Waals surface area (Å²) in [5.41, 5.74) is 4.61. The number of fused-ring (bicyclic) bond motifs is 1. The van der Waals surface area contributed by atoms with E-state index in [1.807, 2.05) is 0 Å². The number of imidazole rings is 1. The van der Waals surface area contributed by atoms with Crippen LogP contribution in [0.3, 0.4) is 0 Å². The Morgan fingerprint density at radius 2 is 2.10 bits per heavy atom. The second-order valence-corrected chi connectivity index (χ2v) is 11.1. The molecule has 7 N–H and O–H groups in total. The molecule has 21 heteroatoms. The van der Waals surface area contributed by atoms with E-state index in [2.05, 4.69) is 35.4 Å². The lowest BCUT2D eigenvalue weighted by Gasteiger charge is -2.17. The van der Waals surface area contributed by atoms with E-state index in [4.69, 9.17) is 24.8 Å². The van der Waals surface area contributed by atoms with Crippen molar-refractivity contribution in [2.45, 2.75) is 24.6 Å². The smallest absolute Gasteiger partial charge is 0.385 e. The fraction of sp³-hybridized carbons (Fsp3) is 0.500. The minimum Gasteiger partial charge on any atom is -0.385 e. The number of nitrogen functional groups attached to an aromatic ring is 1. The van der Waals surface area contributed by atoms with Crippen LogP contribution in [0.4, 0.5) is 10.3 Å². The van der Waals surface area contributed by atoms with Gasteiger partial charge in [0, 0.05) is 0 Å². The molecule has 6 atom stereocenters. The summed E-state index contributed by atoms with van der Waals surface area (Å²) in [6.45, 7) is -0.661. The van der Waals surface area contributed by atoms with Crippen LogP contribution in [-0.2, 0) is 38.8 Å². The molecule has 0 aliphatic carbocycles. The number of rotatable bonds is 8. The molecule has 1 aliphatic heterocycles. The minimum atomic E-state index is -5.35. The fourth-order valence-corrected chi connectivity index (χ4v) is 6.45. The first-order chi connectivity index (χ1) is 14.3. The number of nitrogens with one attached hydrogen (secondary N) is 1. The number of halogens is 1. The third-order valence-corrected chi connectivity index (χ3v) is 8.40. The van der Waals surface area contributed by atoms with Gasteiger partial charge in [-0.1, -0.05) is 0 Å². The number of aromatic amines is 1. The van der Waals surface area contributed by atoms with Gasteiger partial charge in [0.1, 0.15) is 12.2 Å². The first-order valence-corrected chi connectivity index (χ1v) is 13.4. The number of phosphoric acid groups is 2. The van der Waals surface area contributed by atoms with E-state index in [0.717, 1.165) is 10.9 Å². The Morgan fingerprint density at radius 1 is 1.42 bits per heavy atom. The molecular formula is C10H15FN5O11P3S. The quantitative estimate of drug-likeness (QED) is 0.228. The highest BCUT2D eigenvalue weighted by atomic mass is 32.4. The number of nitrogens with two attached hydrogens (primary N) is 1. The summed E-state index contributed by atoms with van der Waals surface area (Å²) in [5.74, 6) is -0.245. The molecule has 16 nitrogen and oxygen atoms in total. The van der Waals surface area contributed by atoms with E-state index < -0.39 is 59.6 Å². The van der Waals surface area contributed by atoms with Crippen molar-refractivity contribution in [3.8, 4) is 0 Å². The maximum Gasteiger partial charge on any atom is 0.486 e. The van der Waals surface area contributed by atoms with Gasteiger partial charge in [-0.3, -0.25) is 14.3 Å². The summed E-state index contributed by atoms with van der Waals surface area (Å²) >= 11 is 4.65. The van der Waals surface area contributed by atoms with Crippen LogP contribution in [-0.4, -0.2) is 64.3 Å². The Kier molecular flexibility index (Phi) is 7.13. The molecule has 0 spiro atoms. The number of ether oxygens (including phenoxy) is 1. The van der Waals surface area contributed by atoms with Gasteiger partial charge in [0.15, 0.2) is 30.7 Å². The largest absolute Gasteiger partial charge is 0.486 e. The number of H-pyrrole nitrogens is 1. The van der Waals surface area contributed by atoms with Crippen LogP contribution in [0.15, 0.2) is 11.1 Å². The van der Waals surface area contributed by atoms with E-state index in [-0.39, 0.29) is 17.1 Å². The van der Waals surface area contributed by atoms with Crippen molar-refractivity contribution in [1.82, 2.24) is 19.5 Å². The van der Waals surface area contributed by atoms with E-state index in [0.29, 0.717) is 0 Å². The average Bonchev–Trinajstić information content (AvgIpc) is 3.13. The molecule has 3 heterocycles. The molecule has 2 aromatic rings. The summed E-state index contributed by atoms with van der Waals surface area (Å²) in [7, 11) is -13.7. The molecule has 1 fully saturated rings. The highest BCUT2D eigenvalue weighted by Crippen LogP contribution is 2.62. The van der Waals surface area contributed by atoms with Gasteiger partial charge in [-0.05, 0) is 11.8 Å². The zero-order valence-electron chi connectivity index (χ0n) is 14.8. The normalized spacial score (nSPS) is 27.4. The average molecular weight is 525 g/mol. The van der Waals surface area contributed by atoms with Gasteiger partial charge >= 0.3 is 15.6 Å². The molecule has 1 aliphatic rings. The molecule has 3 rings (SSSR count). The lowest BCUT2D eigenvalue weighted by Crippen LogP contribution is -2.29. The van der Waals surface area contributed by atoms with Crippen LogP contribution in [0.2, 0.25) is 0 Å². The number of alkyl halides is 1. The molecule has 0 radical (unpaired) electrons. The summed E-state index contributed by atoms with van der Waals surface area (Å²) in [5, 5.41) is 10.2. The monoisotopic (exact) mass is 525 g/mol. The van der Waals surface area contributed by atoms with Crippen molar-refractivity contribution >= 4 is 51.7 Å². The van der Waals surface area contributed by atoms with Crippen molar-refractivity contribution in [2.75, 3.05) is 12.3 Å². The first-order valence-electron chi connectivity index (χ1n) is 7.93. The number of anilines is 1. The molecule has 3 unspecified atom stereocenters. The van der Waals surface area contributed by atoms with Crippen LogP contribution in [0, 0.1) is 0 Å². The minimum absolute atomic E-state index is 0.0776. The number of aliphatic hydroxyl groups is 1. The van der Waals surface area contributed by atoms with Gasteiger partial charge in [0.2, 0.25) is 5.95 Å². The number of aromatic nitrogens is 4. The van der Waals surface area contributed by atoms with Crippen molar-refractivity contribution in [1.29, 1.82) is 0 Å².